The number of pyridine rings is 1. The van der Waals surface area contributed by atoms with E-state index >= 15 is 0 Å². The van der Waals surface area contributed by atoms with Crippen LogP contribution in [0.15, 0.2) is 72.9 Å². The van der Waals surface area contributed by atoms with E-state index in [0.717, 1.165) is 0 Å². The first-order valence-electron chi connectivity index (χ1n) is 8.93. The largest absolute Gasteiger partial charge is 0.439 e. The van der Waals surface area contributed by atoms with Gasteiger partial charge in [0.1, 0.15) is 5.75 Å². The molecule has 0 unspecified atom stereocenters. The molecule has 0 radical (unpaired) electrons. The van der Waals surface area contributed by atoms with Gasteiger partial charge in [-0.05, 0) is 44.2 Å². The van der Waals surface area contributed by atoms with E-state index in [1.165, 1.54) is 6.20 Å². The first kappa shape index (κ1) is 19.1. The molecule has 0 atom stereocenters. The van der Waals surface area contributed by atoms with E-state index < -0.39 is 0 Å². The summed E-state index contributed by atoms with van der Waals surface area (Å²) < 4.78 is 5.62. The third-order valence-electron chi connectivity index (χ3n) is 3.80. The van der Waals surface area contributed by atoms with Crippen molar-refractivity contribution in [2.75, 3.05) is 5.32 Å². The van der Waals surface area contributed by atoms with Crippen LogP contribution in [0.4, 0.5) is 5.69 Å². The van der Waals surface area contributed by atoms with Crippen molar-refractivity contribution in [1.29, 1.82) is 0 Å². The van der Waals surface area contributed by atoms with Crippen LogP contribution in [0, 0.1) is 0 Å². The van der Waals surface area contributed by atoms with Gasteiger partial charge in [0.25, 0.3) is 11.8 Å². The maximum absolute atomic E-state index is 12.6. The van der Waals surface area contributed by atoms with Crippen molar-refractivity contribution in [1.82, 2.24) is 10.3 Å². The Labute approximate surface area is 163 Å². The number of rotatable bonds is 6. The Morgan fingerprint density at radius 2 is 1.61 bits per heavy atom. The van der Waals surface area contributed by atoms with Crippen molar-refractivity contribution < 1.29 is 14.3 Å². The molecule has 2 amide bonds. The zero-order valence-electron chi connectivity index (χ0n) is 15.7. The molecule has 3 rings (SSSR count). The highest BCUT2D eigenvalue weighted by atomic mass is 16.5. The van der Waals surface area contributed by atoms with Gasteiger partial charge in [-0.2, -0.15) is 0 Å². The summed E-state index contributed by atoms with van der Waals surface area (Å²) in [7, 11) is 0. The predicted molar refractivity (Wildman–Crippen MR) is 108 cm³/mol. The summed E-state index contributed by atoms with van der Waals surface area (Å²) >= 11 is 0. The molecule has 6 nitrogen and oxygen atoms in total. The van der Waals surface area contributed by atoms with Gasteiger partial charge in [0, 0.05) is 18.3 Å². The number of amides is 2. The van der Waals surface area contributed by atoms with Crippen molar-refractivity contribution in [2.24, 2.45) is 0 Å². The van der Waals surface area contributed by atoms with Crippen LogP contribution in [-0.4, -0.2) is 22.8 Å². The van der Waals surface area contributed by atoms with Gasteiger partial charge in [0.2, 0.25) is 5.88 Å². The number of carbonyl (C=O) groups excluding carboxylic acids is 2. The number of ether oxygens (including phenoxy) is 1. The lowest BCUT2D eigenvalue weighted by Crippen LogP contribution is -2.31. The van der Waals surface area contributed by atoms with E-state index in [-0.39, 0.29) is 17.9 Å². The summed E-state index contributed by atoms with van der Waals surface area (Å²) in [6.07, 6.45) is 1.43. The molecule has 0 fully saturated rings. The fourth-order valence-electron chi connectivity index (χ4n) is 2.51. The molecule has 2 aromatic carbocycles. The second-order valence-corrected chi connectivity index (χ2v) is 6.43. The minimum Gasteiger partial charge on any atom is -0.439 e. The highest BCUT2D eigenvalue weighted by Crippen LogP contribution is 2.20. The van der Waals surface area contributed by atoms with E-state index in [0.29, 0.717) is 28.4 Å². The fourth-order valence-corrected chi connectivity index (χ4v) is 2.51. The topological polar surface area (TPSA) is 80.3 Å². The molecule has 0 aliphatic rings. The second-order valence-electron chi connectivity index (χ2n) is 6.43. The van der Waals surface area contributed by atoms with Crippen LogP contribution in [0.5, 0.6) is 11.6 Å². The Morgan fingerprint density at radius 3 is 2.29 bits per heavy atom. The minimum atomic E-state index is -0.358. The molecule has 0 saturated carbocycles. The van der Waals surface area contributed by atoms with Gasteiger partial charge in [-0.25, -0.2) is 4.98 Å². The van der Waals surface area contributed by atoms with Gasteiger partial charge in [0.15, 0.2) is 0 Å². The molecule has 0 aliphatic heterocycles. The number of nitrogens with one attached hydrogen (secondary N) is 2. The van der Waals surface area contributed by atoms with Crippen LogP contribution < -0.4 is 15.4 Å². The van der Waals surface area contributed by atoms with Gasteiger partial charge in [-0.1, -0.05) is 30.3 Å². The lowest BCUT2D eigenvalue weighted by atomic mass is 10.1. The van der Waals surface area contributed by atoms with E-state index in [1.54, 1.807) is 36.4 Å². The van der Waals surface area contributed by atoms with Crippen molar-refractivity contribution in [3.05, 3.63) is 84.1 Å². The molecule has 6 heteroatoms. The highest BCUT2D eigenvalue weighted by molar-refractivity contribution is 6.08. The van der Waals surface area contributed by atoms with Crippen molar-refractivity contribution >= 4 is 17.5 Å². The average Bonchev–Trinajstić information content (AvgIpc) is 2.69. The molecule has 0 saturated heterocycles. The average molecular weight is 375 g/mol. The summed E-state index contributed by atoms with van der Waals surface area (Å²) in [5.74, 6) is 0.455. The molecule has 142 valence electrons. The lowest BCUT2D eigenvalue weighted by molar-refractivity contribution is 0.0944. The van der Waals surface area contributed by atoms with Crippen molar-refractivity contribution in [3.8, 4) is 11.6 Å². The van der Waals surface area contributed by atoms with Crippen LogP contribution in [0.2, 0.25) is 0 Å². The van der Waals surface area contributed by atoms with E-state index in [2.05, 4.69) is 15.6 Å². The maximum atomic E-state index is 12.6. The summed E-state index contributed by atoms with van der Waals surface area (Å²) in [6, 6.07) is 19.4. The van der Waals surface area contributed by atoms with Crippen LogP contribution in [0.3, 0.4) is 0 Å². The maximum Gasteiger partial charge on any atom is 0.257 e. The van der Waals surface area contributed by atoms with Gasteiger partial charge in [-0.15, -0.1) is 0 Å². The summed E-state index contributed by atoms with van der Waals surface area (Å²) in [5.41, 5.74) is 1.20. The first-order valence-corrected chi connectivity index (χ1v) is 8.93. The first-order chi connectivity index (χ1) is 13.5. The quantitative estimate of drug-likeness (QED) is 0.674. The zero-order valence-corrected chi connectivity index (χ0v) is 15.7. The van der Waals surface area contributed by atoms with E-state index in [9.17, 15) is 9.59 Å². The molecule has 28 heavy (non-hydrogen) atoms. The molecular formula is C22H21N3O3. The van der Waals surface area contributed by atoms with Crippen molar-refractivity contribution in [2.45, 2.75) is 19.9 Å². The Balaban J connectivity index is 1.71. The van der Waals surface area contributed by atoms with Crippen LogP contribution >= 0.6 is 0 Å². The summed E-state index contributed by atoms with van der Waals surface area (Å²) in [6.45, 7) is 3.76. The Bertz CT molecular complexity index is 954. The minimum absolute atomic E-state index is 0.00221. The summed E-state index contributed by atoms with van der Waals surface area (Å²) in [4.78, 5) is 29.0. The normalized spacial score (nSPS) is 10.4. The third-order valence-corrected chi connectivity index (χ3v) is 3.80. The third kappa shape index (κ3) is 4.94. The van der Waals surface area contributed by atoms with Gasteiger partial charge in [-0.3, -0.25) is 9.59 Å². The highest BCUT2D eigenvalue weighted by Gasteiger charge is 2.15. The molecule has 0 bridgehead atoms. The van der Waals surface area contributed by atoms with E-state index in [4.69, 9.17) is 4.74 Å². The molecule has 2 N–H and O–H groups in total. The SMILES string of the molecule is CC(C)NC(=O)c1ccccc1NC(=O)c1ccc(Oc2ccccc2)nc1. The molecule has 1 heterocycles. The molecular weight excluding hydrogens is 354 g/mol. The van der Waals surface area contributed by atoms with Crippen LogP contribution in [-0.2, 0) is 0 Å². The Kier molecular flexibility index (Phi) is 6.01. The fraction of sp³-hybridized carbons (Fsp3) is 0.136. The molecule has 0 spiro atoms. The number of benzene rings is 2. The Hall–Kier alpha value is -3.67. The molecule has 0 aliphatic carbocycles. The standard InChI is InChI=1S/C22H21N3O3/c1-15(2)24-22(27)18-10-6-7-11-19(18)25-21(26)16-12-13-20(23-14-16)28-17-8-4-3-5-9-17/h3-15H,1-2H3,(H,24,27)(H,25,26). The number of hydrogen-bond donors (Lipinski definition) is 2. The molecule has 3 aromatic rings. The number of hydrogen-bond acceptors (Lipinski definition) is 4. The monoisotopic (exact) mass is 375 g/mol. The van der Waals surface area contributed by atoms with Crippen LogP contribution in [0.25, 0.3) is 0 Å². The number of para-hydroxylation sites is 2. The lowest BCUT2D eigenvalue weighted by Gasteiger charge is -2.13. The summed E-state index contributed by atoms with van der Waals surface area (Å²) in [5, 5.41) is 5.59. The van der Waals surface area contributed by atoms with Crippen LogP contribution in [0.1, 0.15) is 34.6 Å². The van der Waals surface area contributed by atoms with E-state index in [1.807, 2.05) is 44.2 Å². The van der Waals surface area contributed by atoms with Gasteiger partial charge in [0.05, 0.1) is 16.8 Å². The smallest absolute Gasteiger partial charge is 0.257 e. The van der Waals surface area contributed by atoms with Gasteiger partial charge < -0.3 is 15.4 Å². The molecule has 1 aromatic heterocycles. The predicted octanol–water partition coefficient (Wildman–Crippen LogP) is 4.26. The number of nitrogens with zero attached hydrogens (tertiary/aromatic N) is 1. The number of anilines is 1. The zero-order chi connectivity index (χ0) is 19.9. The number of carbonyl (C=O) groups is 2. The van der Waals surface area contributed by atoms with Gasteiger partial charge >= 0.3 is 0 Å². The van der Waals surface area contributed by atoms with Crippen molar-refractivity contribution in [3.63, 3.8) is 0 Å². The Morgan fingerprint density at radius 1 is 0.893 bits per heavy atom. The second kappa shape index (κ2) is 8.81. The number of aromatic nitrogens is 1.